The molecule has 0 saturated carbocycles. The molecule has 0 aliphatic rings. The average Bonchev–Trinajstić information content (AvgIpc) is 2.52. The first-order valence-electron chi connectivity index (χ1n) is 6.54. The van der Waals surface area contributed by atoms with Gasteiger partial charge in [-0.3, -0.25) is 4.98 Å². The van der Waals surface area contributed by atoms with Crippen LogP contribution in [0.25, 0.3) is 0 Å². The fraction of sp³-hybridized carbons (Fsp3) is 0.200. The minimum absolute atomic E-state index is 0.261. The normalized spacial score (nSPS) is 9.95. The van der Waals surface area contributed by atoms with Crippen molar-refractivity contribution in [3.8, 4) is 5.75 Å². The molecule has 0 unspecified atom stereocenters. The van der Waals surface area contributed by atoms with Crippen molar-refractivity contribution in [1.82, 2.24) is 15.6 Å². The number of aromatic nitrogens is 1. The van der Waals surface area contributed by atoms with E-state index in [1.165, 1.54) is 0 Å². The lowest BCUT2D eigenvalue weighted by atomic mass is 10.3. The van der Waals surface area contributed by atoms with Crippen LogP contribution in [-0.4, -0.2) is 24.2 Å². The molecule has 0 radical (unpaired) electrons. The Morgan fingerprint density at radius 1 is 1.14 bits per heavy atom. The number of hydrogen-bond acceptors (Lipinski definition) is 3. The first-order valence-corrected chi connectivity index (χ1v) is 6.92. The second kappa shape index (κ2) is 8.11. The van der Waals surface area contributed by atoms with Gasteiger partial charge in [0.1, 0.15) is 12.4 Å². The minimum Gasteiger partial charge on any atom is -0.490 e. The number of amides is 2. The largest absolute Gasteiger partial charge is 0.490 e. The van der Waals surface area contributed by atoms with Gasteiger partial charge in [-0.15, -0.1) is 0 Å². The molecule has 0 saturated heterocycles. The fourth-order valence-corrected chi connectivity index (χ4v) is 1.81. The molecule has 110 valence electrons. The summed E-state index contributed by atoms with van der Waals surface area (Å²) >= 11 is 5.95. The average molecular weight is 306 g/mol. The van der Waals surface area contributed by atoms with Gasteiger partial charge in [0.15, 0.2) is 0 Å². The Kier molecular flexibility index (Phi) is 5.84. The highest BCUT2D eigenvalue weighted by Gasteiger charge is 2.02. The number of benzene rings is 1. The second-order valence-corrected chi connectivity index (χ2v) is 4.62. The Balaban J connectivity index is 1.62. The SMILES string of the molecule is O=C(NCCOc1ccccc1Cl)NCc1ccccn1. The van der Waals surface area contributed by atoms with Gasteiger partial charge in [-0.2, -0.15) is 0 Å². The molecule has 2 amide bonds. The van der Waals surface area contributed by atoms with E-state index in [1.54, 1.807) is 18.3 Å². The van der Waals surface area contributed by atoms with Gasteiger partial charge in [-0.1, -0.05) is 29.8 Å². The second-order valence-electron chi connectivity index (χ2n) is 4.21. The van der Waals surface area contributed by atoms with E-state index in [9.17, 15) is 4.79 Å². The van der Waals surface area contributed by atoms with Gasteiger partial charge in [0.25, 0.3) is 0 Å². The van der Waals surface area contributed by atoms with Gasteiger partial charge in [0, 0.05) is 6.20 Å². The molecule has 6 heteroatoms. The van der Waals surface area contributed by atoms with Crippen LogP contribution in [0.4, 0.5) is 4.79 Å². The van der Waals surface area contributed by atoms with Crippen LogP contribution in [0.3, 0.4) is 0 Å². The third-order valence-corrected chi connectivity index (χ3v) is 2.95. The predicted molar refractivity (Wildman–Crippen MR) is 81.4 cm³/mol. The van der Waals surface area contributed by atoms with Crippen LogP contribution in [0, 0.1) is 0 Å². The van der Waals surface area contributed by atoms with E-state index in [0.29, 0.717) is 30.5 Å². The third-order valence-electron chi connectivity index (χ3n) is 2.64. The van der Waals surface area contributed by atoms with Crippen LogP contribution in [0.2, 0.25) is 5.02 Å². The van der Waals surface area contributed by atoms with Crippen LogP contribution in [0.5, 0.6) is 5.75 Å². The number of carbonyl (C=O) groups excluding carboxylic acids is 1. The van der Waals surface area contributed by atoms with E-state index in [-0.39, 0.29) is 6.03 Å². The van der Waals surface area contributed by atoms with Gasteiger partial charge in [0.2, 0.25) is 0 Å². The van der Waals surface area contributed by atoms with Crippen molar-refractivity contribution in [2.45, 2.75) is 6.54 Å². The molecule has 0 atom stereocenters. The molecule has 0 bridgehead atoms. The van der Waals surface area contributed by atoms with E-state index < -0.39 is 0 Å². The first-order chi connectivity index (χ1) is 10.3. The predicted octanol–water partition coefficient (Wildman–Crippen LogP) is 2.61. The molecular formula is C15H16ClN3O2. The van der Waals surface area contributed by atoms with Gasteiger partial charge in [0.05, 0.1) is 23.8 Å². The topological polar surface area (TPSA) is 63.2 Å². The van der Waals surface area contributed by atoms with Gasteiger partial charge in [-0.05, 0) is 24.3 Å². The van der Waals surface area contributed by atoms with Gasteiger partial charge < -0.3 is 15.4 Å². The highest BCUT2D eigenvalue weighted by molar-refractivity contribution is 6.32. The molecular weight excluding hydrogens is 290 g/mol. The summed E-state index contributed by atoms with van der Waals surface area (Å²) in [5, 5.41) is 5.96. The number of hydrogen-bond donors (Lipinski definition) is 2. The molecule has 1 aromatic carbocycles. The van der Waals surface area contributed by atoms with E-state index in [1.807, 2.05) is 30.3 Å². The summed E-state index contributed by atoms with van der Waals surface area (Å²) in [4.78, 5) is 15.7. The molecule has 0 aliphatic carbocycles. The monoisotopic (exact) mass is 305 g/mol. The molecule has 0 fully saturated rings. The number of nitrogens with zero attached hydrogens (tertiary/aromatic N) is 1. The van der Waals surface area contributed by atoms with E-state index in [0.717, 1.165) is 5.69 Å². The molecule has 1 heterocycles. The molecule has 5 nitrogen and oxygen atoms in total. The molecule has 2 aromatic rings. The van der Waals surface area contributed by atoms with Crippen LogP contribution in [0.1, 0.15) is 5.69 Å². The zero-order chi connectivity index (χ0) is 14.9. The maximum absolute atomic E-state index is 11.6. The zero-order valence-electron chi connectivity index (χ0n) is 11.4. The summed E-state index contributed by atoms with van der Waals surface area (Å²) in [6.45, 7) is 1.12. The number of carbonyl (C=O) groups is 1. The third kappa shape index (κ3) is 5.31. The number of ether oxygens (including phenoxy) is 1. The number of rotatable bonds is 6. The lowest BCUT2D eigenvalue weighted by molar-refractivity contribution is 0.236. The standard InChI is InChI=1S/C15H16ClN3O2/c16-13-6-1-2-7-14(13)21-10-9-18-15(20)19-11-12-5-3-4-8-17-12/h1-8H,9-11H2,(H2,18,19,20). The van der Waals surface area contributed by atoms with Crippen molar-refractivity contribution in [2.75, 3.05) is 13.2 Å². The van der Waals surface area contributed by atoms with E-state index >= 15 is 0 Å². The van der Waals surface area contributed by atoms with Crippen molar-refractivity contribution in [2.24, 2.45) is 0 Å². The Morgan fingerprint density at radius 2 is 1.95 bits per heavy atom. The van der Waals surface area contributed by atoms with Crippen molar-refractivity contribution in [3.05, 3.63) is 59.4 Å². The van der Waals surface area contributed by atoms with Crippen LogP contribution in [-0.2, 0) is 6.54 Å². The summed E-state index contributed by atoms with van der Waals surface area (Å²) in [7, 11) is 0. The summed E-state index contributed by atoms with van der Waals surface area (Å²) in [6, 6.07) is 12.5. The number of pyridine rings is 1. The van der Waals surface area contributed by atoms with Crippen molar-refractivity contribution < 1.29 is 9.53 Å². The van der Waals surface area contributed by atoms with Crippen LogP contribution < -0.4 is 15.4 Å². The van der Waals surface area contributed by atoms with Crippen molar-refractivity contribution >= 4 is 17.6 Å². The minimum atomic E-state index is -0.261. The summed E-state index contributed by atoms with van der Waals surface area (Å²) < 4.78 is 5.46. The fourth-order valence-electron chi connectivity index (χ4n) is 1.62. The van der Waals surface area contributed by atoms with Gasteiger partial charge >= 0.3 is 6.03 Å². The molecule has 2 rings (SSSR count). The van der Waals surface area contributed by atoms with Gasteiger partial charge in [-0.25, -0.2) is 4.79 Å². The Bertz CT molecular complexity index is 578. The zero-order valence-corrected chi connectivity index (χ0v) is 12.1. The summed E-state index contributed by atoms with van der Waals surface area (Å²) in [5.74, 6) is 0.606. The van der Waals surface area contributed by atoms with E-state index in [2.05, 4.69) is 15.6 Å². The number of para-hydroxylation sites is 1. The van der Waals surface area contributed by atoms with Crippen molar-refractivity contribution in [3.63, 3.8) is 0 Å². The molecule has 21 heavy (non-hydrogen) atoms. The molecule has 0 aliphatic heterocycles. The Hall–Kier alpha value is -2.27. The summed E-state index contributed by atoms with van der Waals surface area (Å²) in [5.41, 5.74) is 0.806. The van der Waals surface area contributed by atoms with Crippen LogP contribution in [0.15, 0.2) is 48.7 Å². The van der Waals surface area contributed by atoms with Crippen LogP contribution >= 0.6 is 11.6 Å². The smallest absolute Gasteiger partial charge is 0.315 e. The quantitative estimate of drug-likeness (QED) is 0.806. The lowest BCUT2D eigenvalue weighted by Crippen LogP contribution is -2.37. The molecule has 1 aromatic heterocycles. The first kappa shape index (κ1) is 15.1. The Morgan fingerprint density at radius 3 is 2.71 bits per heavy atom. The number of nitrogens with one attached hydrogen (secondary N) is 2. The summed E-state index contributed by atoms with van der Waals surface area (Å²) in [6.07, 6.45) is 1.69. The maximum Gasteiger partial charge on any atom is 0.315 e. The van der Waals surface area contributed by atoms with Crippen molar-refractivity contribution in [1.29, 1.82) is 0 Å². The highest BCUT2D eigenvalue weighted by atomic mass is 35.5. The molecule has 2 N–H and O–H groups in total. The number of halogens is 1. The molecule has 0 spiro atoms. The Labute approximate surface area is 128 Å². The van der Waals surface area contributed by atoms with E-state index in [4.69, 9.17) is 16.3 Å². The maximum atomic E-state index is 11.6. The highest BCUT2D eigenvalue weighted by Crippen LogP contribution is 2.22. The lowest BCUT2D eigenvalue weighted by Gasteiger charge is -2.09. The number of urea groups is 1.